The number of carbonyl (C=O) groups is 3. The predicted octanol–water partition coefficient (Wildman–Crippen LogP) is -0.963. The first kappa shape index (κ1) is 16.1. The molecule has 1 aliphatic carbocycles. The molecule has 2 fully saturated rings. The van der Waals surface area contributed by atoms with Crippen LogP contribution in [0.5, 0.6) is 0 Å². The van der Waals surface area contributed by atoms with Gasteiger partial charge < -0.3 is 30.2 Å². The Kier molecular flexibility index (Phi) is 3.26. The van der Waals surface area contributed by atoms with Crippen LogP contribution in [0, 0.1) is 5.92 Å². The second-order valence-electron chi connectivity index (χ2n) is 6.58. The van der Waals surface area contributed by atoms with E-state index in [4.69, 9.17) is 19.9 Å². The van der Waals surface area contributed by atoms with E-state index in [9.17, 15) is 14.4 Å². The third-order valence-electron chi connectivity index (χ3n) is 5.58. The van der Waals surface area contributed by atoms with Gasteiger partial charge in [0.25, 0.3) is 0 Å². The Hall–Kier alpha value is -2.39. The number of ether oxygens (including phenoxy) is 3. The Labute approximate surface area is 143 Å². The zero-order valence-corrected chi connectivity index (χ0v) is 14.1. The summed E-state index contributed by atoms with van der Waals surface area (Å²) >= 11 is 0. The number of Topliss-reactive ketones (excluding diaryl/α,β-unsaturated/α-hetero) is 2. The number of allylic oxidation sites excluding steroid dienone is 2. The van der Waals surface area contributed by atoms with Crippen LogP contribution >= 0.6 is 0 Å². The van der Waals surface area contributed by atoms with Crippen LogP contribution in [0.15, 0.2) is 22.6 Å². The number of nitrogens with zero attached hydrogens (tertiary/aromatic N) is 1. The maximum absolute atomic E-state index is 13.0. The molecule has 25 heavy (non-hydrogen) atoms. The fourth-order valence-electron chi connectivity index (χ4n) is 4.51. The molecular weight excluding hydrogens is 330 g/mol. The number of primary amides is 1. The van der Waals surface area contributed by atoms with E-state index < -0.39 is 17.7 Å². The van der Waals surface area contributed by atoms with E-state index in [0.717, 1.165) is 0 Å². The fourth-order valence-corrected chi connectivity index (χ4v) is 4.51. The smallest absolute Gasteiger partial charge is 0.404 e. The molecule has 1 amide bonds. The highest BCUT2D eigenvalue weighted by atomic mass is 16.6. The highest BCUT2D eigenvalue weighted by Gasteiger charge is 2.72. The van der Waals surface area contributed by atoms with Gasteiger partial charge in [-0.15, -0.1) is 0 Å². The first-order valence-electron chi connectivity index (χ1n) is 7.98. The van der Waals surface area contributed by atoms with Crippen molar-refractivity contribution in [3.05, 3.63) is 22.6 Å². The van der Waals surface area contributed by atoms with Crippen LogP contribution in [-0.4, -0.2) is 67.7 Å². The molecule has 3 aliphatic heterocycles. The lowest BCUT2D eigenvalue weighted by molar-refractivity contribution is -0.137. The summed E-state index contributed by atoms with van der Waals surface area (Å²) in [4.78, 5) is 38.9. The Balaban J connectivity index is 1.84. The van der Waals surface area contributed by atoms with E-state index in [2.05, 4.69) is 5.32 Å². The van der Waals surface area contributed by atoms with Crippen molar-refractivity contribution in [1.82, 2.24) is 10.2 Å². The minimum atomic E-state index is -0.959. The van der Waals surface area contributed by atoms with Crippen molar-refractivity contribution in [3.63, 3.8) is 0 Å². The fraction of sp³-hybridized carbons (Fsp3) is 0.562. The molecule has 0 saturated carbocycles. The molecular formula is C16H19N3O6. The van der Waals surface area contributed by atoms with Crippen LogP contribution in [0.4, 0.5) is 4.79 Å². The van der Waals surface area contributed by atoms with Crippen molar-refractivity contribution >= 4 is 17.7 Å². The van der Waals surface area contributed by atoms with Gasteiger partial charge in [0.15, 0.2) is 11.5 Å². The van der Waals surface area contributed by atoms with E-state index >= 15 is 0 Å². The van der Waals surface area contributed by atoms with Crippen LogP contribution in [0.1, 0.15) is 6.92 Å². The normalized spacial score (nSPS) is 35.6. The van der Waals surface area contributed by atoms with E-state index in [1.165, 1.54) is 14.2 Å². The number of piperazine rings is 1. The first-order chi connectivity index (χ1) is 11.9. The summed E-state index contributed by atoms with van der Waals surface area (Å²) in [5, 5.41) is 3.29. The minimum absolute atomic E-state index is 0.0144. The van der Waals surface area contributed by atoms with Gasteiger partial charge in [-0.3, -0.25) is 9.59 Å². The number of carbonyl (C=O) groups excluding carboxylic acids is 3. The van der Waals surface area contributed by atoms with Gasteiger partial charge >= 0.3 is 6.09 Å². The second-order valence-corrected chi connectivity index (χ2v) is 6.58. The lowest BCUT2D eigenvalue weighted by atomic mass is 9.83. The van der Waals surface area contributed by atoms with Crippen LogP contribution in [0.2, 0.25) is 0 Å². The zero-order chi connectivity index (χ0) is 18.1. The summed E-state index contributed by atoms with van der Waals surface area (Å²) in [5.41, 5.74) is 5.00. The van der Waals surface area contributed by atoms with Crippen molar-refractivity contribution in [1.29, 1.82) is 0 Å². The number of hydrogen-bond acceptors (Lipinski definition) is 8. The topological polar surface area (TPSA) is 130 Å². The largest absolute Gasteiger partial charge is 0.492 e. The first-order valence-corrected chi connectivity index (χ1v) is 7.98. The van der Waals surface area contributed by atoms with Crippen molar-refractivity contribution in [2.75, 3.05) is 27.4 Å². The summed E-state index contributed by atoms with van der Waals surface area (Å²) in [6.45, 7) is 1.96. The van der Waals surface area contributed by atoms with E-state index in [1.807, 2.05) is 4.90 Å². The van der Waals surface area contributed by atoms with Crippen molar-refractivity contribution in [2.45, 2.75) is 24.7 Å². The molecule has 9 nitrogen and oxygen atoms in total. The maximum atomic E-state index is 13.0. The average molecular weight is 349 g/mol. The van der Waals surface area contributed by atoms with Crippen LogP contribution in [0.3, 0.4) is 0 Å². The standard InChI is InChI=1S/C16H19N3O6/c1-6-11(20)10-9(12(21)13(6)23-2)7(5-25-15(17)22)16(24-3)14-8(18-14)4-19(10)16/h7-8,14,18H,4-5H2,1-3H3,(H2,17,22)/t7-,8+,14+,16-/m1/s1. The SMILES string of the molecule is COC1=C(C)C(=O)C2=C(C1=O)[C@@H](COC(N)=O)[C@@]1(OC)[C@H]3N[C@H]3CN21. The molecule has 4 aliphatic rings. The molecule has 0 unspecified atom stereocenters. The number of nitrogens with one attached hydrogen (secondary N) is 1. The third kappa shape index (κ3) is 1.82. The monoisotopic (exact) mass is 349 g/mol. The van der Waals surface area contributed by atoms with E-state index in [0.29, 0.717) is 12.2 Å². The lowest BCUT2D eigenvalue weighted by Gasteiger charge is -2.39. The Morgan fingerprint density at radius 3 is 2.68 bits per heavy atom. The molecule has 0 aromatic carbocycles. The molecule has 3 heterocycles. The lowest BCUT2D eigenvalue weighted by Crippen LogP contribution is -2.55. The summed E-state index contributed by atoms with van der Waals surface area (Å²) in [5.74, 6) is -1.27. The predicted molar refractivity (Wildman–Crippen MR) is 82.9 cm³/mol. The summed E-state index contributed by atoms with van der Waals surface area (Å²) in [7, 11) is 2.88. The average Bonchev–Trinajstić information content (AvgIpc) is 3.18. The Bertz CT molecular complexity index is 772. The van der Waals surface area contributed by atoms with Crippen molar-refractivity contribution < 1.29 is 28.6 Å². The van der Waals surface area contributed by atoms with Crippen molar-refractivity contribution in [3.8, 4) is 0 Å². The van der Waals surface area contributed by atoms with Crippen LogP contribution in [0.25, 0.3) is 0 Å². The molecule has 0 radical (unpaired) electrons. The summed E-state index contributed by atoms with van der Waals surface area (Å²) in [6.07, 6.45) is -0.946. The molecule has 0 aromatic heterocycles. The number of nitrogens with two attached hydrogens (primary N) is 1. The van der Waals surface area contributed by atoms with Gasteiger partial charge in [0.1, 0.15) is 6.61 Å². The highest BCUT2D eigenvalue weighted by Crippen LogP contribution is 2.55. The molecule has 0 spiro atoms. The Morgan fingerprint density at radius 1 is 1.36 bits per heavy atom. The van der Waals surface area contributed by atoms with Crippen molar-refractivity contribution in [2.24, 2.45) is 11.7 Å². The van der Waals surface area contributed by atoms with Gasteiger partial charge in [-0.05, 0) is 6.92 Å². The molecule has 3 N–H and O–H groups in total. The number of fused-ring (bicyclic) bond motifs is 4. The van der Waals surface area contributed by atoms with Gasteiger partial charge in [-0.2, -0.15) is 0 Å². The number of rotatable bonds is 4. The number of amides is 1. The quantitative estimate of drug-likeness (QED) is 0.490. The Morgan fingerprint density at radius 2 is 2.08 bits per heavy atom. The van der Waals surface area contributed by atoms with Gasteiger partial charge in [-0.25, -0.2) is 4.79 Å². The van der Waals surface area contributed by atoms with E-state index in [-0.39, 0.29) is 47.2 Å². The van der Waals surface area contributed by atoms with Gasteiger partial charge in [-0.1, -0.05) is 0 Å². The number of hydrogen-bond donors (Lipinski definition) is 2. The van der Waals surface area contributed by atoms with Crippen LogP contribution in [-0.2, 0) is 23.8 Å². The van der Waals surface area contributed by atoms with Gasteiger partial charge in [0.2, 0.25) is 11.6 Å². The summed E-state index contributed by atoms with van der Waals surface area (Å²) < 4.78 is 16.0. The number of methoxy groups -OCH3 is 2. The highest BCUT2D eigenvalue weighted by molar-refractivity contribution is 6.25. The molecule has 4 rings (SSSR count). The zero-order valence-electron chi connectivity index (χ0n) is 14.1. The maximum Gasteiger partial charge on any atom is 0.404 e. The molecule has 0 bridgehead atoms. The van der Waals surface area contributed by atoms with E-state index in [1.54, 1.807) is 6.92 Å². The van der Waals surface area contributed by atoms with Crippen LogP contribution < -0.4 is 11.1 Å². The minimum Gasteiger partial charge on any atom is -0.492 e. The third-order valence-corrected chi connectivity index (χ3v) is 5.58. The summed E-state index contributed by atoms with van der Waals surface area (Å²) in [6, 6.07) is 0.109. The van der Waals surface area contributed by atoms with Gasteiger partial charge in [0, 0.05) is 30.8 Å². The van der Waals surface area contributed by atoms with Gasteiger partial charge in [0.05, 0.1) is 24.8 Å². The molecule has 0 aromatic rings. The molecule has 134 valence electrons. The molecule has 2 saturated heterocycles. The number of ketones is 2. The second kappa shape index (κ2) is 5.06. The molecule has 9 heteroatoms. The molecule has 4 atom stereocenters.